The number of nitro groups is 1. The van der Waals surface area contributed by atoms with Crippen LogP contribution in [-0.4, -0.2) is 35.0 Å². The normalized spacial score (nSPS) is 11.5. The van der Waals surface area contributed by atoms with Gasteiger partial charge in [-0.15, -0.1) is 0 Å². The third-order valence-corrected chi connectivity index (χ3v) is 4.08. The van der Waals surface area contributed by atoms with Gasteiger partial charge >= 0.3 is 5.97 Å². The summed E-state index contributed by atoms with van der Waals surface area (Å²) in [5.74, 6) is -1.27. The zero-order chi connectivity index (χ0) is 21.0. The van der Waals surface area contributed by atoms with Gasteiger partial charge in [-0.1, -0.05) is 11.6 Å². The number of halogens is 1. The quantitative estimate of drug-likeness (QED) is 0.337. The number of nitro benzene ring substituents is 1. The molecule has 1 atom stereocenters. The molecular formula is C18H18ClN3O6. The van der Waals surface area contributed by atoms with Crippen molar-refractivity contribution in [2.24, 2.45) is 0 Å². The van der Waals surface area contributed by atoms with E-state index in [-0.39, 0.29) is 27.8 Å². The van der Waals surface area contributed by atoms with Crippen LogP contribution in [0.4, 0.5) is 11.4 Å². The van der Waals surface area contributed by atoms with E-state index in [1.54, 1.807) is 19.9 Å². The van der Waals surface area contributed by atoms with Gasteiger partial charge in [0.05, 0.1) is 23.3 Å². The molecule has 0 radical (unpaired) electrons. The number of esters is 1. The fraction of sp³-hybridized carbons (Fsp3) is 0.278. The number of hydrogen-bond acceptors (Lipinski definition) is 7. The number of carbonyl (C=O) groups is 2. The number of hydrogen-bond donors (Lipinski definition) is 1. The summed E-state index contributed by atoms with van der Waals surface area (Å²) in [6, 6.07) is 5.41. The summed E-state index contributed by atoms with van der Waals surface area (Å²) >= 11 is 6.02. The minimum Gasteiger partial charge on any atom is -0.495 e. The van der Waals surface area contributed by atoms with E-state index in [9.17, 15) is 19.7 Å². The molecule has 0 saturated carbocycles. The van der Waals surface area contributed by atoms with Crippen LogP contribution < -0.4 is 10.1 Å². The average molecular weight is 408 g/mol. The zero-order valence-electron chi connectivity index (χ0n) is 15.6. The molecule has 0 fully saturated rings. The van der Waals surface area contributed by atoms with Crippen molar-refractivity contribution >= 4 is 34.9 Å². The Morgan fingerprint density at radius 1 is 1.29 bits per heavy atom. The molecule has 0 aliphatic heterocycles. The average Bonchev–Trinajstić information content (AvgIpc) is 2.60. The molecule has 0 aliphatic rings. The van der Waals surface area contributed by atoms with Crippen molar-refractivity contribution in [1.29, 1.82) is 0 Å². The maximum absolute atomic E-state index is 12.4. The van der Waals surface area contributed by atoms with E-state index in [1.807, 2.05) is 0 Å². The lowest BCUT2D eigenvalue weighted by atomic mass is 10.1. The van der Waals surface area contributed by atoms with Crippen LogP contribution in [0.25, 0.3) is 0 Å². The van der Waals surface area contributed by atoms with Crippen LogP contribution in [0.2, 0.25) is 5.15 Å². The van der Waals surface area contributed by atoms with Crippen LogP contribution in [0.1, 0.15) is 28.5 Å². The second-order valence-corrected chi connectivity index (χ2v) is 6.28. The van der Waals surface area contributed by atoms with Gasteiger partial charge in [-0.2, -0.15) is 0 Å². The van der Waals surface area contributed by atoms with Crippen molar-refractivity contribution in [1.82, 2.24) is 4.98 Å². The van der Waals surface area contributed by atoms with Crippen LogP contribution in [0.15, 0.2) is 24.3 Å². The van der Waals surface area contributed by atoms with Gasteiger partial charge in [0.25, 0.3) is 11.6 Å². The number of anilines is 1. The topological polar surface area (TPSA) is 121 Å². The SMILES string of the molecule is COc1ccc([N+](=O)[O-])cc1NC(=O)[C@H](C)OC(=O)c1c(C)cc(C)nc1Cl. The molecule has 2 aromatic rings. The number of benzene rings is 1. The standard InChI is InChI=1S/C18H18ClN3O6/c1-9-7-10(2)20-16(19)15(9)18(24)28-11(3)17(23)21-13-8-12(22(25)26)5-6-14(13)27-4/h5-8,11H,1-4H3,(H,21,23)/t11-/m0/s1. The number of pyridine rings is 1. The summed E-state index contributed by atoms with van der Waals surface area (Å²) < 4.78 is 10.3. The lowest BCUT2D eigenvalue weighted by molar-refractivity contribution is -0.384. The fourth-order valence-electron chi connectivity index (χ4n) is 2.45. The summed E-state index contributed by atoms with van der Waals surface area (Å²) in [6.45, 7) is 4.77. The highest BCUT2D eigenvalue weighted by molar-refractivity contribution is 6.32. The Morgan fingerprint density at radius 3 is 2.54 bits per heavy atom. The second-order valence-electron chi connectivity index (χ2n) is 5.92. The Labute approximate surface area is 165 Å². The minimum atomic E-state index is -1.20. The molecule has 0 bridgehead atoms. The number of rotatable bonds is 6. The van der Waals surface area contributed by atoms with E-state index < -0.39 is 22.9 Å². The molecule has 0 aliphatic carbocycles. The predicted molar refractivity (Wildman–Crippen MR) is 102 cm³/mol. The van der Waals surface area contributed by atoms with E-state index in [2.05, 4.69) is 10.3 Å². The highest BCUT2D eigenvalue weighted by atomic mass is 35.5. The molecule has 148 valence electrons. The summed E-state index contributed by atoms with van der Waals surface area (Å²) in [5.41, 5.74) is 1.13. The van der Waals surface area contributed by atoms with Crippen molar-refractivity contribution in [2.45, 2.75) is 26.9 Å². The Hall–Kier alpha value is -3.20. The van der Waals surface area contributed by atoms with E-state index in [0.29, 0.717) is 11.3 Å². The number of ether oxygens (including phenoxy) is 2. The Bertz CT molecular complexity index is 924. The van der Waals surface area contributed by atoms with E-state index in [0.717, 1.165) is 6.07 Å². The summed E-state index contributed by atoms with van der Waals surface area (Å²) in [4.78, 5) is 39.1. The number of methoxy groups -OCH3 is 1. The molecule has 1 aromatic heterocycles. The van der Waals surface area contributed by atoms with Crippen LogP contribution in [0.5, 0.6) is 5.75 Å². The second kappa shape index (κ2) is 8.66. The highest BCUT2D eigenvalue weighted by Gasteiger charge is 2.24. The van der Waals surface area contributed by atoms with Crippen LogP contribution in [0.3, 0.4) is 0 Å². The molecule has 1 heterocycles. The lowest BCUT2D eigenvalue weighted by Crippen LogP contribution is -2.30. The smallest absolute Gasteiger partial charge is 0.342 e. The molecular weight excluding hydrogens is 390 g/mol. The van der Waals surface area contributed by atoms with E-state index in [4.69, 9.17) is 21.1 Å². The first-order valence-corrected chi connectivity index (χ1v) is 8.49. The van der Waals surface area contributed by atoms with Gasteiger partial charge in [-0.3, -0.25) is 14.9 Å². The number of non-ortho nitro benzene ring substituents is 1. The van der Waals surface area contributed by atoms with Gasteiger partial charge in [0.15, 0.2) is 6.10 Å². The largest absolute Gasteiger partial charge is 0.495 e. The maximum Gasteiger partial charge on any atom is 0.342 e. The van der Waals surface area contributed by atoms with Crippen molar-refractivity contribution < 1.29 is 24.0 Å². The molecule has 1 aromatic carbocycles. The number of carbonyl (C=O) groups excluding carboxylic acids is 2. The maximum atomic E-state index is 12.4. The first-order valence-electron chi connectivity index (χ1n) is 8.12. The molecule has 28 heavy (non-hydrogen) atoms. The summed E-state index contributed by atoms with van der Waals surface area (Å²) in [7, 11) is 1.36. The van der Waals surface area contributed by atoms with Crippen molar-refractivity contribution in [3.8, 4) is 5.75 Å². The number of aromatic nitrogens is 1. The first-order chi connectivity index (χ1) is 13.1. The Balaban J connectivity index is 2.17. The first kappa shape index (κ1) is 21.1. The molecule has 9 nitrogen and oxygen atoms in total. The van der Waals surface area contributed by atoms with E-state index >= 15 is 0 Å². The molecule has 1 amide bonds. The van der Waals surface area contributed by atoms with Crippen molar-refractivity contribution in [2.75, 3.05) is 12.4 Å². The van der Waals surface area contributed by atoms with Gasteiger partial charge in [-0.25, -0.2) is 9.78 Å². The predicted octanol–water partition coefficient (Wildman–Crippen LogP) is 3.45. The van der Waals surface area contributed by atoms with Gasteiger partial charge in [0, 0.05) is 17.8 Å². The third-order valence-electron chi connectivity index (χ3n) is 3.81. The highest BCUT2D eigenvalue weighted by Crippen LogP contribution is 2.29. The van der Waals surface area contributed by atoms with E-state index in [1.165, 1.54) is 26.2 Å². The molecule has 10 heteroatoms. The lowest BCUT2D eigenvalue weighted by Gasteiger charge is -2.16. The molecule has 1 N–H and O–H groups in total. The van der Waals surface area contributed by atoms with Crippen LogP contribution >= 0.6 is 11.6 Å². The van der Waals surface area contributed by atoms with Crippen molar-refractivity contribution in [3.05, 3.63) is 56.4 Å². The van der Waals surface area contributed by atoms with Crippen molar-refractivity contribution in [3.63, 3.8) is 0 Å². The van der Waals surface area contributed by atoms with Gasteiger partial charge in [0.1, 0.15) is 10.9 Å². The van der Waals surface area contributed by atoms with Gasteiger partial charge in [-0.05, 0) is 38.5 Å². The fourth-order valence-corrected chi connectivity index (χ4v) is 2.81. The third kappa shape index (κ3) is 4.74. The number of nitrogens with one attached hydrogen (secondary N) is 1. The molecule has 2 rings (SSSR count). The number of nitrogens with zero attached hydrogens (tertiary/aromatic N) is 2. The number of aryl methyl sites for hydroxylation is 2. The van der Waals surface area contributed by atoms with Crippen LogP contribution in [-0.2, 0) is 9.53 Å². The van der Waals surface area contributed by atoms with Gasteiger partial charge < -0.3 is 14.8 Å². The monoisotopic (exact) mass is 407 g/mol. The summed E-state index contributed by atoms with van der Waals surface area (Å²) in [6.07, 6.45) is -1.20. The minimum absolute atomic E-state index is 0.0181. The zero-order valence-corrected chi connectivity index (χ0v) is 16.4. The Morgan fingerprint density at radius 2 is 1.96 bits per heavy atom. The van der Waals surface area contributed by atoms with Crippen LogP contribution in [0, 0.1) is 24.0 Å². The molecule has 0 unspecified atom stereocenters. The number of amides is 1. The Kier molecular flexibility index (Phi) is 6.53. The van der Waals surface area contributed by atoms with Gasteiger partial charge in [0.2, 0.25) is 0 Å². The summed E-state index contributed by atoms with van der Waals surface area (Å²) in [5, 5.41) is 13.4. The molecule has 0 spiro atoms. The molecule has 0 saturated heterocycles.